The Labute approximate surface area is 271 Å². The largest absolute Gasteiger partial charge is 0.457 e. The standard InChI is InChI=1S/C42H40O4/c1-3-5-15-39(43)45-37-21-25-11-7-9-13-27(25)31-19-17-29-34-24-36-30(33(34)23-35(29)41(31)37)18-20-32-28-14-10-8-12-26(28)22-38(42(32)36)46-40(44)16-6-4-2/h7-14,17-20,37-38H,3-6,15-16,21-24H2,1-2H3. The fourth-order valence-corrected chi connectivity index (χ4v) is 8.37. The van der Waals surface area contributed by atoms with E-state index >= 15 is 0 Å². The zero-order chi connectivity index (χ0) is 31.4. The van der Waals surface area contributed by atoms with Gasteiger partial charge in [0.2, 0.25) is 0 Å². The fourth-order valence-electron chi connectivity index (χ4n) is 8.37. The van der Waals surface area contributed by atoms with Crippen molar-refractivity contribution in [3.05, 3.63) is 117 Å². The van der Waals surface area contributed by atoms with Gasteiger partial charge in [-0.2, -0.15) is 0 Å². The van der Waals surface area contributed by atoms with E-state index in [0.717, 1.165) is 38.5 Å². The van der Waals surface area contributed by atoms with E-state index in [1.54, 1.807) is 0 Å². The molecule has 0 aromatic heterocycles. The van der Waals surface area contributed by atoms with Crippen LogP contribution >= 0.6 is 0 Å². The van der Waals surface area contributed by atoms with Crippen LogP contribution in [0.5, 0.6) is 0 Å². The summed E-state index contributed by atoms with van der Waals surface area (Å²) in [6.07, 6.45) is 7.04. The first-order chi connectivity index (χ1) is 22.6. The highest BCUT2D eigenvalue weighted by atomic mass is 16.5. The molecule has 0 fully saturated rings. The van der Waals surface area contributed by atoms with Gasteiger partial charge in [-0.15, -0.1) is 0 Å². The van der Waals surface area contributed by atoms with Crippen LogP contribution in [0.15, 0.2) is 72.8 Å². The molecule has 4 aromatic rings. The molecule has 232 valence electrons. The van der Waals surface area contributed by atoms with Crippen molar-refractivity contribution in [2.75, 3.05) is 0 Å². The number of carbonyl (C=O) groups excluding carboxylic acids is 2. The number of hydrogen-bond acceptors (Lipinski definition) is 4. The monoisotopic (exact) mass is 608 g/mol. The minimum Gasteiger partial charge on any atom is -0.457 e. The lowest BCUT2D eigenvalue weighted by molar-refractivity contribution is -0.150. The van der Waals surface area contributed by atoms with Gasteiger partial charge in [-0.05, 0) is 92.5 Å². The van der Waals surface area contributed by atoms with Gasteiger partial charge in [-0.25, -0.2) is 0 Å². The number of ether oxygens (including phenoxy) is 2. The predicted molar refractivity (Wildman–Crippen MR) is 182 cm³/mol. The van der Waals surface area contributed by atoms with E-state index in [1.165, 1.54) is 77.9 Å². The maximum atomic E-state index is 13.0. The SMILES string of the molecule is CCCCC(=O)OC1Cc2ccccc2-c2ccc3c(c21)CC1=C3Cc2c1ccc1c2C(OC(=O)CCCC)Cc2ccccc2-1. The van der Waals surface area contributed by atoms with Crippen LogP contribution < -0.4 is 0 Å². The van der Waals surface area contributed by atoms with Crippen molar-refractivity contribution in [3.8, 4) is 22.3 Å². The zero-order valence-electron chi connectivity index (χ0n) is 26.8. The van der Waals surface area contributed by atoms with Gasteiger partial charge in [0.25, 0.3) is 0 Å². The summed E-state index contributed by atoms with van der Waals surface area (Å²) in [7, 11) is 0. The van der Waals surface area contributed by atoms with Gasteiger partial charge in [-0.1, -0.05) is 99.5 Å². The molecule has 0 N–H and O–H groups in total. The third-order valence-electron chi connectivity index (χ3n) is 10.5. The zero-order valence-corrected chi connectivity index (χ0v) is 26.8. The minimum absolute atomic E-state index is 0.106. The van der Waals surface area contributed by atoms with Crippen molar-refractivity contribution in [2.24, 2.45) is 0 Å². The van der Waals surface area contributed by atoms with Crippen molar-refractivity contribution in [3.63, 3.8) is 0 Å². The highest BCUT2D eigenvalue weighted by Crippen LogP contribution is 2.55. The number of fused-ring (bicyclic) bond motifs is 12. The molecule has 0 bridgehead atoms. The van der Waals surface area contributed by atoms with Crippen LogP contribution in [0.25, 0.3) is 33.4 Å². The van der Waals surface area contributed by atoms with Crippen molar-refractivity contribution in [2.45, 2.75) is 90.3 Å². The van der Waals surface area contributed by atoms with Gasteiger partial charge < -0.3 is 9.47 Å². The molecular weight excluding hydrogens is 568 g/mol. The number of benzene rings is 4. The quantitative estimate of drug-likeness (QED) is 0.187. The molecule has 4 aliphatic rings. The molecule has 0 spiro atoms. The van der Waals surface area contributed by atoms with Crippen LogP contribution in [-0.4, -0.2) is 11.9 Å². The van der Waals surface area contributed by atoms with E-state index in [0.29, 0.717) is 25.7 Å². The molecule has 0 saturated carbocycles. The summed E-state index contributed by atoms with van der Waals surface area (Å²) < 4.78 is 12.5. The first-order valence-corrected chi connectivity index (χ1v) is 17.2. The Balaban J connectivity index is 1.19. The van der Waals surface area contributed by atoms with E-state index < -0.39 is 0 Å². The Hall–Kier alpha value is -4.44. The second kappa shape index (κ2) is 11.7. The van der Waals surface area contributed by atoms with E-state index in [9.17, 15) is 9.59 Å². The summed E-state index contributed by atoms with van der Waals surface area (Å²) in [5.41, 5.74) is 17.6. The topological polar surface area (TPSA) is 52.6 Å². The molecule has 4 heteroatoms. The van der Waals surface area contributed by atoms with Crippen molar-refractivity contribution < 1.29 is 19.1 Å². The Bertz CT molecular complexity index is 1790. The minimum atomic E-state index is -0.282. The molecule has 2 unspecified atom stereocenters. The van der Waals surface area contributed by atoms with E-state index in [1.807, 2.05) is 0 Å². The van der Waals surface area contributed by atoms with Crippen LogP contribution in [0.2, 0.25) is 0 Å². The lowest BCUT2D eigenvalue weighted by Crippen LogP contribution is -2.21. The van der Waals surface area contributed by atoms with Crippen LogP contribution in [0.3, 0.4) is 0 Å². The van der Waals surface area contributed by atoms with Gasteiger partial charge >= 0.3 is 11.9 Å². The molecule has 0 radical (unpaired) electrons. The second-order valence-electron chi connectivity index (χ2n) is 13.3. The Morgan fingerprint density at radius 3 is 1.41 bits per heavy atom. The molecule has 46 heavy (non-hydrogen) atoms. The van der Waals surface area contributed by atoms with Crippen LogP contribution in [-0.2, 0) is 44.7 Å². The van der Waals surface area contributed by atoms with E-state index in [-0.39, 0.29) is 24.1 Å². The average molecular weight is 609 g/mol. The lowest BCUT2D eigenvalue weighted by Gasteiger charge is -2.31. The number of unbranched alkanes of at least 4 members (excludes halogenated alkanes) is 2. The van der Waals surface area contributed by atoms with Crippen LogP contribution in [0.4, 0.5) is 0 Å². The van der Waals surface area contributed by atoms with Gasteiger partial charge in [0, 0.05) is 36.8 Å². The van der Waals surface area contributed by atoms with Crippen molar-refractivity contribution in [1.82, 2.24) is 0 Å². The average Bonchev–Trinajstić information content (AvgIpc) is 3.62. The molecule has 0 amide bonds. The fraction of sp³-hybridized carbons (Fsp3) is 0.333. The molecular formula is C42H40O4. The first kappa shape index (κ1) is 29.0. The molecule has 4 aliphatic carbocycles. The maximum absolute atomic E-state index is 13.0. The summed E-state index contributed by atoms with van der Waals surface area (Å²) in [5, 5.41) is 0. The van der Waals surface area contributed by atoms with Gasteiger partial charge in [0.15, 0.2) is 0 Å². The second-order valence-corrected chi connectivity index (χ2v) is 13.3. The Morgan fingerprint density at radius 2 is 0.978 bits per heavy atom. The maximum Gasteiger partial charge on any atom is 0.306 e. The Kier molecular flexibility index (Phi) is 7.39. The van der Waals surface area contributed by atoms with Crippen molar-refractivity contribution >= 4 is 23.1 Å². The highest BCUT2D eigenvalue weighted by molar-refractivity contribution is 6.04. The van der Waals surface area contributed by atoms with Gasteiger partial charge in [0.1, 0.15) is 12.2 Å². The predicted octanol–water partition coefficient (Wildman–Crippen LogP) is 9.70. The van der Waals surface area contributed by atoms with Gasteiger partial charge in [0.05, 0.1) is 0 Å². The third kappa shape index (κ3) is 4.73. The van der Waals surface area contributed by atoms with E-state index in [2.05, 4.69) is 86.6 Å². The summed E-state index contributed by atoms with van der Waals surface area (Å²) in [4.78, 5) is 25.9. The molecule has 8 rings (SSSR count). The van der Waals surface area contributed by atoms with Crippen molar-refractivity contribution in [1.29, 1.82) is 0 Å². The third-order valence-corrected chi connectivity index (χ3v) is 10.5. The lowest BCUT2D eigenvalue weighted by atomic mass is 9.77. The number of carbonyl (C=O) groups is 2. The number of hydrogen-bond donors (Lipinski definition) is 0. The Morgan fingerprint density at radius 1 is 0.565 bits per heavy atom. The van der Waals surface area contributed by atoms with Gasteiger partial charge in [-0.3, -0.25) is 9.59 Å². The van der Waals surface area contributed by atoms with E-state index in [4.69, 9.17) is 9.47 Å². The highest BCUT2D eigenvalue weighted by Gasteiger charge is 2.40. The summed E-state index contributed by atoms with van der Waals surface area (Å²) in [6.45, 7) is 4.21. The number of allylic oxidation sites excluding steroid dienone is 2. The molecule has 2 atom stereocenters. The summed E-state index contributed by atoms with van der Waals surface area (Å²) in [5.74, 6) is -0.213. The molecule has 4 nitrogen and oxygen atoms in total. The molecule has 0 saturated heterocycles. The molecule has 4 aromatic carbocycles. The molecule has 0 heterocycles. The van der Waals surface area contributed by atoms with Crippen LogP contribution in [0, 0.1) is 0 Å². The number of esters is 2. The normalized spacial score (nSPS) is 18.0. The first-order valence-electron chi connectivity index (χ1n) is 17.2. The smallest absolute Gasteiger partial charge is 0.306 e. The molecule has 0 aliphatic heterocycles. The summed E-state index contributed by atoms with van der Waals surface area (Å²) >= 11 is 0. The number of rotatable bonds is 8. The summed E-state index contributed by atoms with van der Waals surface area (Å²) in [6, 6.07) is 26.2. The van der Waals surface area contributed by atoms with Crippen LogP contribution in [0.1, 0.15) is 109 Å².